The Morgan fingerprint density at radius 3 is 2.73 bits per heavy atom. The predicted molar refractivity (Wildman–Crippen MR) is 103 cm³/mol. The summed E-state index contributed by atoms with van der Waals surface area (Å²) >= 11 is 1.57. The van der Waals surface area contributed by atoms with Crippen molar-refractivity contribution >= 4 is 22.9 Å². The Labute approximate surface area is 155 Å². The van der Waals surface area contributed by atoms with E-state index in [2.05, 4.69) is 20.3 Å². The van der Waals surface area contributed by atoms with E-state index in [1.165, 1.54) is 6.07 Å². The van der Waals surface area contributed by atoms with Crippen molar-refractivity contribution in [1.82, 2.24) is 15.0 Å². The van der Waals surface area contributed by atoms with Crippen molar-refractivity contribution in [3.05, 3.63) is 62.5 Å². The topological polar surface area (TPSA) is 87.7 Å². The first-order valence-electron chi connectivity index (χ1n) is 8.51. The van der Waals surface area contributed by atoms with Gasteiger partial charge in [0.2, 0.25) is 5.91 Å². The molecule has 0 saturated heterocycles. The van der Waals surface area contributed by atoms with Gasteiger partial charge in [-0.05, 0) is 25.0 Å². The van der Waals surface area contributed by atoms with E-state index in [1.807, 2.05) is 37.4 Å². The van der Waals surface area contributed by atoms with Gasteiger partial charge in [0.25, 0.3) is 5.56 Å². The van der Waals surface area contributed by atoms with Crippen LogP contribution < -0.4 is 10.9 Å². The third-order valence-corrected chi connectivity index (χ3v) is 4.86. The minimum absolute atomic E-state index is 0.126. The highest BCUT2D eigenvalue weighted by atomic mass is 32.1. The van der Waals surface area contributed by atoms with E-state index in [0.29, 0.717) is 17.9 Å². The number of H-pyrrole nitrogens is 1. The van der Waals surface area contributed by atoms with Crippen LogP contribution in [0.25, 0.3) is 11.4 Å². The van der Waals surface area contributed by atoms with Gasteiger partial charge in [-0.1, -0.05) is 26.0 Å². The molecule has 0 spiro atoms. The summed E-state index contributed by atoms with van der Waals surface area (Å²) in [6.07, 6.45) is 1.79. The second-order valence-electron chi connectivity index (χ2n) is 5.83. The van der Waals surface area contributed by atoms with Crippen LogP contribution in [-0.2, 0) is 24.1 Å². The van der Waals surface area contributed by atoms with Gasteiger partial charge in [0.1, 0.15) is 5.82 Å². The Bertz CT molecular complexity index is 977. The summed E-state index contributed by atoms with van der Waals surface area (Å²) in [7, 11) is 0. The summed E-state index contributed by atoms with van der Waals surface area (Å²) in [6.45, 7) is 3.99. The maximum Gasteiger partial charge on any atom is 0.251 e. The Kier molecular flexibility index (Phi) is 5.58. The van der Waals surface area contributed by atoms with Crippen molar-refractivity contribution in [3.63, 3.8) is 0 Å². The highest BCUT2D eigenvalue weighted by molar-refractivity contribution is 7.09. The number of thiazole rings is 1. The molecule has 3 rings (SSSR count). The molecule has 0 fully saturated rings. The predicted octanol–water partition coefficient (Wildman–Crippen LogP) is 3.20. The van der Waals surface area contributed by atoms with Crippen LogP contribution in [-0.4, -0.2) is 20.9 Å². The maximum absolute atomic E-state index is 12.3. The molecular weight excluding hydrogens is 348 g/mol. The average molecular weight is 368 g/mol. The Hall–Kier alpha value is -2.80. The fourth-order valence-corrected chi connectivity index (χ4v) is 3.28. The monoisotopic (exact) mass is 368 g/mol. The number of carbonyl (C=O) groups excluding carboxylic acids is 1. The zero-order chi connectivity index (χ0) is 18.5. The Morgan fingerprint density at radius 2 is 2.00 bits per heavy atom. The molecule has 26 heavy (non-hydrogen) atoms. The molecule has 2 N–H and O–H groups in total. The number of aromatic nitrogens is 3. The lowest BCUT2D eigenvalue weighted by Gasteiger charge is -2.07. The molecule has 7 heteroatoms. The number of hydrogen-bond donors (Lipinski definition) is 2. The summed E-state index contributed by atoms with van der Waals surface area (Å²) in [5.41, 5.74) is 2.73. The molecule has 0 aliphatic carbocycles. The van der Waals surface area contributed by atoms with Crippen molar-refractivity contribution in [2.24, 2.45) is 0 Å². The fraction of sp³-hybridized carbons (Fsp3) is 0.263. The van der Waals surface area contributed by atoms with Gasteiger partial charge in [0.15, 0.2) is 0 Å². The smallest absolute Gasteiger partial charge is 0.251 e. The van der Waals surface area contributed by atoms with Crippen LogP contribution in [0.4, 0.5) is 5.69 Å². The minimum Gasteiger partial charge on any atom is -0.326 e. The molecule has 1 amide bonds. The van der Waals surface area contributed by atoms with Crippen molar-refractivity contribution in [1.29, 1.82) is 0 Å². The molecule has 134 valence electrons. The number of amides is 1. The van der Waals surface area contributed by atoms with Gasteiger partial charge in [-0.3, -0.25) is 9.59 Å². The van der Waals surface area contributed by atoms with E-state index < -0.39 is 0 Å². The number of carbonyl (C=O) groups is 1. The number of rotatable bonds is 6. The van der Waals surface area contributed by atoms with Crippen molar-refractivity contribution < 1.29 is 4.79 Å². The molecule has 6 nitrogen and oxygen atoms in total. The number of aromatic amines is 1. The highest BCUT2D eigenvalue weighted by Gasteiger charge is 2.09. The highest BCUT2D eigenvalue weighted by Crippen LogP contribution is 2.19. The number of anilines is 1. The first-order chi connectivity index (χ1) is 12.6. The third kappa shape index (κ3) is 4.43. The number of nitrogens with one attached hydrogen (secondary N) is 2. The van der Waals surface area contributed by atoms with Crippen molar-refractivity contribution in [3.8, 4) is 11.4 Å². The van der Waals surface area contributed by atoms with Gasteiger partial charge >= 0.3 is 0 Å². The number of nitrogens with zero attached hydrogens (tertiary/aromatic N) is 2. The second kappa shape index (κ2) is 8.05. The lowest BCUT2D eigenvalue weighted by Crippen LogP contribution is -2.15. The van der Waals surface area contributed by atoms with Crippen LogP contribution in [0.2, 0.25) is 0 Å². The van der Waals surface area contributed by atoms with Crippen LogP contribution in [0.15, 0.2) is 40.5 Å². The largest absolute Gasteiger partial charge is 0.326 e. The van der Waals surface area contributed by atoms with E-state index in [4.69, 9.17) is 0 Å². The van der Waals surface area contributed by atoms with E-state index >= 15 is 0 Å². The van der Waals surface area contributed by atoms with Crippen LogP contribution in [0.1, 0.15) is 30.2 Å². The van der Waals surface area contributed by atoms with Gasteiger partial charge in [-0.15, -0.1) is 11.3 Å². The van der Waals surface area contributed by atoms with Gasteiger partial charge < -0.3 is 10.3 Å². The fourth-order valence-electron chi connectivity index (χ4n) is 2.53. The SMILES string of the molecule is CCc1cc(=O)[nH]c(-c2cccc(NC(=O)Cc3csc(CC)n3)c2)n1. The Morgan fingerprint density at radius 1 is 1.15 bits per heavy atom. The summed E-state index contributed by atoms with van der Waals surface area (Å²) in [6, 6.07) is 8.77. The minimum atomic E-state index is -0.184. The normalized spacial score (nSPS) is 10.7. The first kappa shape index (κ1) is 18.0. The van der Waals surface area contributed by atoms with E-state index in [1.54, 1.807) is 17.4 Å². The molecular formula is C19H20N4O2S. The zero-order valence-electron chi connectivity index (χ0n) is 14.7. The van der Waals surface area contributed by atoms with Gasteiger partial charge in [-0.25, -0.2) is 9.97 Å². The van der Waals surface area contributed by atoms with Crippen molar-refractivity contribution in [2.75, 3.05) is 5.32 Å². The third-order valence-electron chi connectivity index (χ3n) is 3.82. The quantitative estimate of drug-likeness (QED) is 0.699. The number of hydrogen-bond acceptors (Lipinski definition) is 5. The first-order valence-corrected chi connectivity index (χ1v) is 9.39. The number of aryl methyl sites for hydroxylation is 2. The lowest BCUT2D eigenvalue weighted by atomic mass is 10.1. The molecule has 0 aliphatic heterocycles. The molecule has 0 radical (unpaired) electrons. The average Bonchev–Trinajstić information content (AvgIpc) is 3.08. The molecule has 3 aromatic rings. The Balaban J connectivity index is 1.75. The van der Waals surface area contributed by atoms with Gasteiger partial charge in [0.05, 0.1) is 17.1 Å². The lowest BCUT2D eigenvalue weighted by molar-refractivity contribution is -0.115. The summed E-state index contributed by atoms with van der Waals surface area (Å²) < 4.78 is 0. The molecule has 0 aliphatic rings. The summed E-state index contributed by atoms with van der Waals surface area (Å²) in [5, 5.41) is 5.82. The molecule has 0 bridgehead atoms. The summed E-state index contributed by atoms with van der Waals surface area (Å²) in [5.74, 6) is 0.372. The molecule has 0 unspecified atom stereocenters. The zero-order valence-corrected chi connectivity index (χ0v) is 15.5. The van der Waals surface area contributed by atoms with Gasteiger partial charge in [-0.2, -0.15) is 0 Å². The second-order valence-corrected chi connectivity index (χ2v) is 6.77. The molecule has 0 atom stereocenters. The molecule has 1 aromatic carbocycles. The standard InChI is InChI=1S/C19H20N4O2S/c1-3-13-9-17(25)23-19(22-13)12-6-5-7-14(8-12)20-16(24)10-15-11-26-18(4-2)21-15/h5-9,11H,3-4,10H2,1-2H3,(H,20,24)(H,22,23,25). The van der Waals surface area contributed by atoms with Crippen LogP contribution in [0.3, 0.4) is 0 Å². The van der Waals surface area contributed by atoms with Gasteiger partial charge in [0, 0.05) is 28.4 Å². The van der Waals surface area contributed by atoms with Crippen LogP contribution >= 0.6 is 11.3 Å². The number of benzene rings is 1. The van der Waals surface area contributed by atoms with E-state index in [-0.39, 0.29) is 17.9 Å². The maximum atomic E-state index is 12.3. The van der Waals surface area contributed by atoms with Crippen LogP contribution in [0.5, 0.6) is 0 Å². The van der Waals surface area contributed by atoms with Crippen molar-refractivity contribution in [2.45, 2.75) is 33.1 Å². The molecule has 0 saturated carbocycles. The van der Waals surface area contributed by atoms with E-state index in [0.717, 1.165) is 28.4 Å². The summed E-state index contributed by atoms with van der Waals surface area (Å²) in [4.78, 5) is 35.6. The van der Waals surface area contributed by atoms with E-state index in [9.17, 15) is 9.59 Å². The molecule has 2 heterocycles. The molecule has 2 aromatic heterocycles. The van der Waals surface area contributed by atoms with Crippen LogP contribution in [0, 0.1) is 0 Å².